The van der Waals surface area contributed by atoms with E-state index in [9.17, 15) is 9.90 Å². The van der Waals surface area contributed by atoms with E-state index in [1.165, 1.54) is 0 Å². The van der Waals surface area contributed by atoms with E-state index in [-0.39, 0.29) is 5.92 Å². The Kier molecular flexibility index (Phi) is 8.28. The second-order valence-electron chi connectivity index (χ2n) is 5.19. The first kappa shape index (κ1) is 16.5. The third-order valence-corrected chi connectivity index (χ3v) is 3.98. The standard InChI is InChI=1S/C15H29O2/c1-5-9-10-13(8-4)15(11-6-2,12-7-3)14(16)17/h13H,5-12H2,1-4H3. The summed E-state index contributed by atoms with van der Waals surface area (Å²) < 4.78 is 0. The molecule has 0 N–H and O–H groups in total. The van der Waals surface area contributed by atoms with E-state index in [0.29, 0.717) is 0 Å². The van der Waals surface area contributed by atoms with Crippen LogP contribution in [-0.2, 0) is 9.90 Å². The van der Waals surface area contributed by atoms with E-state index in [2.05, 4.69) is 27.7 Å². The van der Waals surface area contributed by atoms with Crippen molar-refractivity contribution in [1.82, 2.24) is 0 Å². The summed E-state index contributed by atoms with van der Waals surface area (Å²) in [7, 11) is 0. The zero-order valence-corrected chi connectivity index (χ0v) is 12.1. The monoisotopic (exact) mass is 241 g/mol. The predicted molar refractivity (Wildman–Crippen MR) is 71.2 cm³/mol. The molecule has 0 heterocycles. The average Bonchev–Trinajstić information content (AvgIpc) is 2.30. The summed E-state index contributed by atoms with van der Waals surface area (Å²) in [6.07, 6.45) is 7.64. The Bertz CT molecular complexity index is 205. The van der Waals surface area contributed by atoms with Crippen molar-refractivity contribution in [3.05, 3.63) is 0 Å². The second-order valence-corrected chi connectivity index (χ2v) is 5.19. The first-order chi connectivity index (χ1) is 8.08. The maximum Gasteiger partial charge on any atom is 0.361 e. The van der Waals surface area contributed by atoms with Crippen LogP contribution in [0.25, 0.3) is 0 Å². The molecule has 1 unspecified atom stereocenters. The molecule has 0 saturated heterocycles. The van der Waals surface area contributed by atoms with Gasteiger partial charge in [0, 0.05) is 0 Å². The smallest absolute Gasteiger partial charge is 0.247 e. The largest absolute Gasteiger partial charge is 0.361 e. The fourth-order valence-electron chi connectivity index (χ4n) is 3.12. The van der Waals surface area contributed by atoms with Crippen LogP contribution in [0.2, 0.25) is 0 Å². The van der Waals surface area contributed by atoms with Crippen molar-refractivity contribution >= 4 is 5.97 Å². The van der Waals surface area contributed by atoms with Gasteiger partial charge in [0.15, 0.2) is 0 Å². The maximum absolute atomic E-state index is 11.7. The molecule has 0 rings (SSSR count). The van der Waals surface area contributed by atoms with Crippen LogP contribution in [0.5, 0.6) is 0 Å². The summed E-state index contributed by atoms with van der Waals surface area (Å²) in [6, 6.07) is 0. The van der Waals surface area contributed by atoms with Gasteiger partial charge in [0.2, 0.25) is 0 Å². The lowest BCUT2D eigenvalue weighted by atomic mass is 9.66. The Balaban J connectivity index is 4.98. The minimum Gasteiger partial charge on any atom is -0.247 e. The molecule has 0 aromatic heterocycles. The van der Waals surface area contributed by atoms with Crippen LogP contribution in [0.3, 0.4) is 0 Å². The number of carbonyl (C=O) groups is 1. The summed E-state index contributed by atoms with van der Waals surface area (Å²) in [4.78, 5) is 11.7. The van der Waals surface area contributed by atoms with Crippen LogP contribution in [0.15, 0.2) is 0 Å². The summed E-state index contributed by atoms with van der Waals surface area (Å²) in [6.45, 7) is 8.41. The molecule has 0 bridgehead atoms. The van der Waals surface area contributed by atoms with Crippen molar-refractivity contribution in [3.8, 4) is 0 Å². The predicted octanol–water partition coefficient (Wildman–Crippen LogP) is 4.75. The molecule has 0 aromatic carbocycles. The van der Waals surface area contributed by atoms with E-state index in [1.807, 2.05) is 0 Å². The van der Waals surface area contributed by atoms with Crippen LogP contribution in [0.4, 0.5) is 0 Å². The molecule has 0 aliphatic heterocycles. The Labute approximate surface area is 107 Å². The topological polar surface area (TPSA) is 37.0 Å². The Morgan fingerprint density at radius 3 is 1.82 bits per heavy atom. The molecule has 0 amide bonds. The molecule has 101 valence electrons. The van der Waals surface area contributed by atoms with E-state index in [0.717, 1.165) is 51.4 Å². The summed E-state index contributed by atoms with van der Waals surface area (Å²) in [5.74, 6) is -0.531. The van der Waals surface area contributed by atoms with Gasteiger partial charge in [0.1, 0.15) is 0 Å². The van der Waals surface area contributed by atoms with Crippen molar-refractivity contribution < 1.29 is 9.90 Å². The van der Waals surface area contributed by atoms with Crippen LogP contribution in [0.1, 0.15) is 79.1 Å². The van der Waals surface area contributed by atoms with Gasteiger partial charge >= 0.3 is 5.97 Å². The van der Waals surface area contributed by atoms with Gasteiger partial charge in [-0.15, -0.1) is 0 Å². The molecule has 0 spiro atoms. The molecule has 0 aliphatic carbocycles. The average molecular weight is 241 g/mol. The van der Waals surface area contributed by atoms with Gasteiger partial charge in [-0.25, -0.2) is 9.90 Å². The quantitative estimate of drug-likeness (QED) is 0.544. The third kappa shape index (κ3) is 4.33. The lowest BCUT2D eigenvalue weighted by molar-refractivity contribution is -0.161. The normalized spacial score (nSPS) is 13.6. The molecule has 17 heavy (non-hydrogen) atoms. The zero-order chi connectivity index (χ0) is 13.3. The van der Waals surface area contributed by atoms with Crippen molar-refractivity contribution in [2.75, 3.05) is 0 Å². The van der Waals surface area contributed by atoms with Crippen molar-refractivity contribution in [2.24, 2.45) is 11.3 Å². The Morgan fingerprint density at radius 2 is 1.53 bits per heavy atom. The van der Waals surface area contributed by atoms with E-state index >= 15 is 0 Å². The van der Waals surface area contributed by atoms with Gasteiger partial charge < -0.3 is 0 Å². The summed E-state index contributed by atoms with van der Waals surface area (Å²) in [5.41, 5.74) is -0.576. The molecule has 0 saturated carbocycles. The van der Waals surface area contributed by atoms with Crippen LogP contribution < -0.4 is 0 Å². The number of carbonyl (C=O) groups excluding carboxylic acids is 1. The number of hydrogen-bond donors (Lipinski definition) is 0. The zero-order valence-electron chi connectivity index (χ0n) is 12.1. The molecular formula is C15H29O2. The summed E-state index contributed by atoms with van der Waals surface area (Å²) in [5, 5.41) is 11.7. The maximum atomic E-state index is 11.7. The first-order valence-electron chi connectivity index (χ1n) is 7.30. The molecule has 2 nitrogen and oxygen atoms in total. The molecule has 0 aliphatic rings. The molecular weight excluding hydrogens is 212 g/mol. The fourth-order valence-corrected chi connectivity index (χ4v) is 3.12. The van der Waals surface area contributed by atoms with Crippen LogP contribution >= 0.6 is 0 Å². The minimum atomic E-state index is -0.816. The molecule has 0 aromatic rings. The molecule has 2 heteroatoms. The Morgan fingerprint density at radius 1 is 1.00 bits per heavy atom. The summed E-state index contributed by atoms with van der Waals surface area (Å²) >= 11 is 0. The first-order valence-corrected chi connectivity index (χ1v) is 7.30. The van der Waals surface area contributed by atoms with Gasteiger partial charge in [0.05, 0.1) is 5.41 Å². The van der Waals surface area contributed by atoms with Gasteiger partial charge in [-0.05, 0) is 25.2 Å². The molecule has 1 radical (unpaired) electrons. The number of hydrogen-bond acceptors (Lipinski definition) is 1. The fraction of sp³-hybridized carbons (Fsp3) is 0.933. The Hall–Kier alpha value is -0.530. The second kappa shape index (κ2) is 8.54. The van der Waals surface area contributed by atoms with Crippen molar-refractivity contribution in [3.63, 3.8) is 0 Å². The van der Waals surface area contributed by atoms with Crippen LogP contribution in [0, 0.1) is 11.3 Å². The van der Waals surface area contributed by atoms with E-state index in [4.69, 9.17) is 0 Å². The van der Waals surface area contributed by atoms with Gasteiger partial charge in [0.25, 0.3) is 0 Å². The minimum absolute atomic E-state index is 0.285. The highest BCUT2D eigenvalue weighted by Gasteiger charge is 2.44. The highest BCUT2D eigenvalue weighted by molar-refractivity contribution is 5.74. The van der Waals surface area contributed by atoms with Gasteiger partial charge in [-0.1, -0.05) is 59.8 Å². The van der Waals surface area contributed by atoms with Crippen molar-refractivity contribution in [2.45, 2.75) is 79.1 Å². The van der Waals surface area contributed by atoms with Gasteiger partial charge in [-0.2, -0.15) is 0 Å². The third-order valence-electron chi connectivity index (χ3n) is 3.98. The van der Waals surface area contributed by atoms with E-state index in [1.54, 1.807) is 0 Å². The highest BCUT2D eigenvalue weighted by Crippen LogP contribution is 2.42. The molecule has 1 atom stereocenters. The van der Waals surface area contributed by atoms with Crippen molar-refractivity contribution in [1.29, 1.82) is 0 Å². The molecule has 0 fully saturated rings. The lowest BCUT2D eigenvalue weighted by Crippen LogP contribution is -2.38. The highest BCUT2D eigenvalue weighted by atomic mass is 16.4. The SMILES string of the molecule is CCCCC(CC)C(CCC)(CCC)C([O])=O. The number of rotatable bonds is 10. The lowest BCUT2D eigenvalue weighted by Gasteiger charge is -2.36. The van der Waals surface area contributed by atoms with Crippen LogP contribution in [-0.4, -0.2) is 5.97 Å². The van der Waals surface area contributed by atoms with Gasteiger partial charge in [-0.3, -0.25) is 0 Å². The van der Waals surface area contributed by atoms with E-state index < -0.39 is 11.4 Å². The number of unbranched alkanes of at least 4 members (excludes halogenated alkanes) is 1.